The van der Waals surface area contributed by atoms with Crippen LogP contribution in [0.25, 0.3) is 21.9 Å². The Balaban J connectivity index is 1.35. The summed E-state index contributed by atoms with van der Waals surface area (Å²) in [5.41, 5.74) is 12.2. The highest BCUT2D eigenvalue weighted by molar-refractivity contribution is 6.32. The fourth-order valence-electron chi connectivity index (χ4n) is 7.18. The Morgan fingerprint density at radius 1 is 0.435 bits per heavy atom. The van der Waals surface area contributed by atoms with Crippen molar-refractivity contribution >= 4 is 60.3 Å². The number of anilines is 6. The van der Waals surface area contributed by atoms with Gasteiger partial charge >= 0.3 is 0 Å². The van der Waals surface area contributed by atoms with E-state index in [4.69, 9.17) is 0 Å². The van der Waals surface area contributed by atoms with Gasteiger partial charge in [-0.05, 0) is 94.4 Å². The summed E-state index contributed by atoms with van der Waals surface area (Å²) in [6, 6.07) is 59.7. The van der Waals surface area contributed by atoms with Crippen LogP contribution in [-0.4, -0.2) is 10.2 Å². The summed E-state index contributed by atoms with van der Waals surface area (Å²) in [5.74, 6) is 0. The molecule has 2 nitrogen and oxygen atoms in total. The summed E-state index contributed by atoms with van der Waals surface area (Å²) < 4.78 is 0. The standard InChI is InChI=1S/C43H36N2Si/c1-43(2)39-28-34(44(30-14-6-3-7-15-30)31-16-8-4-9-17-31)24-27-38(39)42-37-21-13-12-20-36(37)41(29-40(42)43)45(32-18-10-5-11-19-32)33-22-25-35(46)26-23-33/h3-29H,1-2,46H3. The van der Waals surface area contributed by atoms with Crippen LogP contribution in [0.4, 0.5) is 34.1 Å². The molecule has 0 spiro atoms. The SMILES string of the molecule is CC1(C)c2cc(N(c3ccccc3)c3ccccc3)ccc2-c2c1cc(N(c1ccccc1)c1ccc([SiH3])cc1)c1ccccc21. The van der Waals surface area contributed by atoms with Gasteiger partial charge in [-0.25, -0.2) is 0 Å². The minimum Gasteiger partial charge on any atom is -0.310 e. The van der Waals surface area contributed by atoms with Crippen molar-refractivity contribution in [1.82, 2.24) is 0 Å². The predicted molar refractivity (Wildman–Crippen MR) is 200 cm³/mol. The lowest BCUT2D eigenvalue weighted by Gasteiger charge is -2.30. The van der Waals surface area contributed by atoms with Crippen molar-refractivity contribution in [3.05, 3.63) is 175 Å². The third-order valence-electron chi connectivity index (χ3n) is 9.48. The van der Waals surface area contributed by atoms with Gasteiger partial charge in [-0.3, -0.25) is 0 Å². The lowest BCUT2D eigenvalue weighted by atomic mass is 9.81. The third kappa shape index (κ3) is 4.63. The van der Waals surface area contributed by atoms with E-state index in [1.807, 2.05) is 0 Å². The first kappa shape index (κ1) is 28.1. The fourth-order valence-corrected chi connectivity index (χ4v) is 7.51. The van der Waals surface area contributed by atoms with Crippen molar-refractivity contribution < 1.29 is 0 Å². The van der Waals surface area contributed by atoms with Gasteiger partial charge in [-0.2, -0.15) is 0 Å². The summed E-state index contributed by atoms with van der Waals surface area (Å²) >= 11 is 0. The summed E-state index contributed by atoms with van der Waals surface area (Å²) in [6.45, 7) is 4.78. The largest absolute Gasteiger partial charge is 0.310 e. The molecule has 0 aliphatic heterocycles. The zero-order valence-corrected chi connectivity index (χ0v) is 28.5. The van der Waals surface area contributed by atoms with E-state index in [1.54, 1.807) is 0 Å². The molecule has 1 aliphatic rings. The second-order valence-electron chi connectivity index (χ2n) is 12.7. The average molecular weight is 609 g/mol. The van der Waals surface area contributed by atoms with Crippen molar-refractivity contribution in [2.45, 2.75) is 19.3 Å². The molecule has 0 saturated carbocycles. The van der Waals surface area contributed by atoms with Gasteiger partial charge in [0.1, 0.15) is 0 Å². The van der Waals surface area contributed by atoms with E-state index in [1.165, 1.54) is 49.6 Å². The fraction of sp³-hybridized carbons (Fsp3) is 0.0698. The lowest BCUT2D eigenvalue weighted by Crippen LogP contribution is -2.18. The second kappa shape index (κ2) is 11.2. The number of hydrogen-bond donors (Lipinski definition) is 0. The van der Waals surface area contributed by atoms with E-state index in [0.29, 0.717) is 0 Å². The molecule has 0 saturated heterocycles. The van der Waals surface area contributed by atoms with Crippen molar-refractivity contribution in [3.63, 3.8) is 0 Å². The van der Waals surface area contributed by atoms with E-state index < -0.39 is 0 Å². The first-order valence-electron chi connectivity index (χ1n) is 16.0. The van der Waals surface area contributed by atoms with E-state index in [-0.39, 0.29) is 5.41 Å². The summed E-state index contributed by atoms with van der Waals surface area (Å²) in [7, 11) is 1.04. The highest BCUT2D eigenvalue weighted by atomic mass is 28.1. The predicted octanol–water partition coefficient (Wildman–Crippen LogP) is 10.1. The maximum absolute atomic E-state index is 2.46. The molecule has 1 aliphatic carbocycles. The van der Waals surface area contributed by atoms with Gasteiger partial charge in [-0.15, -0.1) is 0 Å². The lowest BCUT2D eigenvalue weighted by molar-refractivity contribution is 0.661. The highest BCUT2D eigenvalue weighted by Gasteiger charge is 2.38. The summed E-state index contributed by atoms with van der Waals surface area (Å²) in [6.07, 6.45) is 0. The first-order valence-corrected chi connectivity index (χ1v) is 17.0. The van der Waals surface area contributed by atoms with Crippen molar-refractivity contribution in [2.75, 3.05) is 9.80 Å². The number of fused-ring (bicyclic) bond motifs is 5. The van der Waals surface area contributed by atoms with Crippen molar-refractivity contribution in [2.24, 2.45) is 0 Å². The van der Waals surface area contributed by atoms with Crippen molar-refractivity contribution in [1.29, 1.82) is 0 Å². The van der Waals surface area contributed by atoms with Gasteiger partial charge in [0.05, 0.1) is 5.69 Å². The van der Waals surface area contributed by atoms with Crippen LogP contribution in [0.2, 0.25) is 0 Å². The zero-order chi connectivity index (χ0) is 31.3. The van der Waals surface area contributed by atoms with Crippen LogP contribution >= 0.6 is 0 Å². The summed E-state index contributed by atoms with van der Waals surface area (Å²) in [5, 5.41) is 3.93. The first-order chi connectivity index (χ1) is 22.5. The Morgan fingerprint density at radius 3 is 1.50 bits per heavy atom. The smallest absolute Gasteiger partial charge is 0.0543 e. The molecule has 0 atom stereocenters. The monoisotopic (exact) mass is 608 g/mol. The van der Waals surface area contributed by atoms with Gasteiger partial charge < -0.3 is 9.80 Å². The van der Waals surface area contributed by atoms with E-state index >= 15 is 0 Å². The minimum absolute atomic E-state index is 0.209. The third-order valence-corrected chi connectivity index (χ3v) is 10.1. The number of rotatable bonds is 6. The Labute approximate surface area is 274 Å². The van der Waals surface area contributed by atoms with E-state index in [9.17, 15) is 0 Å². The second-order valence-corrected chi connectivity index (χ2v) is 13.9. The molecule has 0 N–H and O–H groups in total. The molecule has 3 heteroatoms. The molecular formula is C43H36N2Si. The van der Waals surface area contributed by atoms with Gasteiger partial charge in [0.2, 0.25) is 0 Å². The molecule has 222 valence electrons. The Hall–Kier alpha value is -5.38. The highest BCUT2D eigenvalue weighted by Crippen LogP contribution is 2.55. The summed E-state index contributed by atoms with van der Waals surface area (Å²) in [4.78, 5) is 4.79. The van der Waals surface area contributed by atoms with Crippen LogP contribution in [0.15, 0.2) is 164 Å². The van der Waals surface area contributed by atoms with Crippen LogP contribution in [-0.2, 0) is 5.41 Å². The van der Waals surface area contributed by atoms with Crippen LogP contribution in [0.1, 0.15) is 25.0 Å². The van der Waals surface area contributed by atoms with Crippen LogP contribution < -0.4 is 15.0 Å². The Morgan fingerprint density at radius 2 is 0.913 bits per heavy atom. The molecule has 7 aromatic carbocycles. The Bertz CT molecular complexity index is 2130. The number of benzene rings is 7. The molecule has 8 rings (SSSR count). The maximum atomic E-state index is 2.46. The quantitative estimate of drug-likeness (QED) is 0.173. The number of para-hydroxylation sites is 3. The van der Waals surface area contributed by atoms with Gasteiger partial charge in [0.15, 0.2) is 0 Å². The topological polar surface area (TPSA) is 6.48 Å². The Kier molecular flexibility index (Phi) is 6.85. The molecule has 0 fully saturated rings. The maximum Gasteiger partial charge on any atom is 0.0543 e. The van der Waals surface area contributed by atoms with Gasteiger partial charge in [-0.1, -0.05) is 116 Å². The molecule has 0 unspecified atom stereocenters. The van der Waals surface area contributed by atoms with Crippen LogP contribution in [0, 0.1) is 0 Å². The average Bonchev–Trinajstić information content (AvgIpc) is 3.33. The molecular weight excluding hydrogens is 573 g/mol. The molecule has 46 heavy (non-hydrogen) atoms. The molecule has 0 bridgehead atoms. The minimum atomic E-state index is -0.209. The van der Waals surface area contributed by atoms with Gasteiger partial charge in [0, 0.05) is 49.5 Å². The number of nitrogens with zero attached hydrogens (tertiary/aromatic N) is 2. The molecule has 7 aromatic rings. The van der Waals surface area contributed by atoms with Crippen LogP contribution in [0.3, 0.4) is 0 Å². The zero-order valence-electron chi connectivity index (χ0n) is 26.5. The number of hydrogen-bond acceptors (Lipinski definition) is 2. The van der Waals surface area contributed by atoms with Crippen LogP contribution in [0.5, 0.6) is 0 Å². The normalized spacial score (nSPS) is 12.9. The van der Waals surface area contributed by atoms with E-state index in [2.05, 4.69) is 187 Å². The molecule has 0 aromatic heterocycles. The molecule has 0 radical (unpaired) electrons. The molecule has 0 heterocycles. The molecule has 0 amide bonds. The van der Waals surface area contributed by atoms with Gasteiger partial charge in [0.25, 0.3) is 0 Å². The van der Waals surface area contributed by atoms with Crippen molar-refractivity contribution in [3.8, 4) is 11.1 Å². The van der Waals surface area contributed by atoms with E-state index in [0.717, 1.165) is 33.0 Å².